The van der Waals surface area contributed by atoms with Crippen LogP contribution < -0.4 is 20.1 Å². The van der Waals surface area contributed by atoms with Crippen LogP contribution in [0.3, 0.4) is 0 Å². The van der Waals surface area contributed by atoms with Gasteiger partial charge in [0.05, 0.1) is 19.4 Å². The van der Waals surface area contributed by atoms with Crippen LogP contribution in [0, 0.1) is 11.3 Å². The molecule has 0 spiro atoms. The van der Waals surface area contributed by atoms with E-state index in [1.54, 1.807) is 67.3 Å². The number of nitrogens with zero attached hydrogens (tertiary/aromatic N) is 4. The number of hydrogen-bond donors (Lipinski definition) is 1. The predicted octanol–water partition coefficient (Wildman–Crippen LogP) is 3.28. The molecule has 1 aromatic heterocycles. The molecule has 11 heteroatoms. The second-order valence-corrected chi connectivity index (χ2v) is 7.09. The number of nitrogens with two attached hydrogens (primary N) is 1. The zero-order chi connectivity index (χ0) is 25.9. The number of benzene rings is 2. The van der Waals surface area contributed by atoms with E-state index in [9.17, 15) is 14.9 Å². The van der Waals surface area contributed by atoms with E-state index in [0.717, 1.165) is 0 Å². The number of nitriles is 1. The SMILES string of the molecule is CCOC(=O)COc1ccc(N(c2ccc(OCC(=O)OCC)cc2)c2nc(N)ncc2C#N)cc1. The van der Waals surface area contributed by atoms with Crippen LogP contribution in [0.25, 0.3) is 0 Å². The van der Waals surface area contributed by atoms with Gasteiger partial charge in [-0.2, -0.15) is 10.2 Å². The molecule has 0 amide bonds. The molecule has 0 unspecified atom stereocenters. The fourth-order valence-corrected chi connectivity index (χ4v) is 3.10. The molecular weight excluding hydrogens is 466 g/mol. The molecule has 2 N–H and O–H groups in total. The summed E-state index contributed by atoms with van der Waals surface area (Å²) in [6, 6.07) is 15.7. The third-order valence-electron chi connectivity index (χ3n) is 4.63. The van der Waals surface area contributed by atoms with Crippen LogP contribution in [0.4, 0.5) is 23.1 Å². The van der Waals surface area contributed by atoms with Crippen LogP contribution in [0.1, 0.15) is 19.4 Å². The Morgan fingerprint density at radius 3 is 1.78 bits per heavy atom. The molecule has 0 aliphatic rings. The van der Waals surface area contributed by atoms with Crippen molar-refractivity contribution in [2.75, 3.05) is 37.1 Å². The molecule has 1 heterocycles. The van der Waals surface area contributed by atoms with Gasteiger partial charge >= 0.3 is 11.9 Å². The number of carbonyl (C=O) groups is 2. The van der Waals surface area contributed by atoms with Crippen LogP contribution in [0.2, 0.25) is 0 Å². The Morgan fingerprint density at radius 2 is 1.36 bits per heavy atom. The van der Waals surface area contributed by atoms with Crippen molar-refractivity contribution in [1.82, 2.24) is 9.97 Å². The average Bonchev–Trinajstić information content (AvgIpc) is 2.88. The summed E-state index contributed by atoms with van der Waals surface area (Å²) in [6.45, 7) is 3.54. The molecule has 0 saturated carbocycles. The van der Waals surface area contributed by atoms with E-state index >= 15 is 0 Å². The molecule has 3 rings (SSSR count). The zero-order valence-electron chi connectivity index (χ0n) is 19.8. The van der Waals surface area contributed by atoms with Crippen molar-refractivity contribution in [2.24, 2.45) is 0 Å². The van der Waals surface area contributed by atoms with Gasteiger partial charge < -0.3 is 24.7 Å². The van der Waals surface area contributed by atoms with E-state index in [1.807, 2.05) is 0 Å². The van der Waals surface area contributed by atoms with Gasteiger partial charge in [0, 0.05) is 11.4 Å². The number of esters is 2. The van der Waals surface area contributed by atoms with Crippen LogP contribution in [0.5, 0.6) is 11.5 Å². The van der Waals surface area contributed by atoms with Crippen molar-refractivity contribution >= 4 is 35.1 Å². The predicted molar refractivity (Wildman–Crippen MR) is 130 cm³/mol. The van der Waals surface area contributed by atoms with Gasteiger partial charge in [-0.3, -0.25) is 4.90 Å². The first-order valence-electron chi connectivity index (χ1n) is 11.0. The van der Waals surface area contributed by atoms with Gasteiger partial charge in [0.1, 0.15) is 23.1 Å². The minimum atomic E-state index is -0.469. The van der Waals surface area contributed by atoms with Crippen LogP contribution in [-0.4, -0.2) is 48.3 Å². The van der Waals surface area contributed by atoms with Crippen molar-refractivity contribution in [3.63, 3.8) is 0 Å². The molecule has 0 saturated heterocycles. The lowest BCUT2D eigenvalue weighted by Gasteiger charge is -2.25. The number of hydrogen-bond acceptors (Lipinski definition) is 11. The van der Waals surface area contributed by atoms with Crippen molar-refractivity contribution in [3.8, 4) is 17.6 Å². The minimum Gasteiger partial charge on any atom is -0.482 e. The average molecular weight is 492 g/mol. The van der Waals surface area contributed by atoms with Gasteiger partial charge in [-0.1, -0.05) is 0 Å². The summed E-state index contributed by atoms with van der Waals surface area (Å²) in [4.78, 5) is 33.0. The van der Waals surface area contributed by atoms with Crippen molar-refractivity contribution in [3.05, 3.63) is 60.3 Å². The highest BCUT2D eigenvalue weighted by Gasteiger charge is 2.19. The largest absolute Gasteiger partial charge is 0.482 e. The summed E-state index contributed by atoms with van der Waals surface area (Å²) in [5.41, 5.74) is 7.29. The second kappa shape index (κ2) is 12.6. The molecule has 0 atom stereocenters. The molecule has 0 radical (unpaired) electrons. The third kappa shape index (κ3) is 6.83. The number of ether oxygens (including phenoxy) is 4. The Hall–Kier alpha value is -4.85. The molecule has 3 aromatic rings. The highest BCUT2D eigenvalue weighted by atomic mass is 16.6. The normalized spacial score (nSPS) is 10.1. The summed E-state index contributed by atoms with van der Waals surface area (Å²) in [6.07, 6.45) is 1.35. The van der Waals surface area contributed by atoms with Crippen molar-refractivity contribution in [2.45, 2.75) is 13.8 Å². The second-order valence-electron chi connectivity index (χ2n) is 7.09. The highest BCUT2D eigenvalue weighted by Crippen LogP contribution is 2.36. The topological polar surface area (TPSA) is 150 Å². The number of anilines is 4. The van der Waals surface area contributed by atoms with Gasteiger partial charge in [-0.15, -0.1) is 0 Å². The van der Waals surface area contributed by atoms with Gasteiger partial charge in [0.2, 0.25) is 5.95 Å². The molecule has 0 bridgehead atoms. The van der Waals surface area contributed by atoms with Crippen molar-refractivity contribution in [1.29, 1.82) is 5.26 Å². The standard InChI is InChI=1S/C25H25N5O6/c1-3-33-22(31)15-35-20-9-5-18(6-10-20)30(24-17(13-26)14-28-25(27)29-24)19-7-11-21(12-8-19)36-16-23(32)34-4-2/h5-12,14H,3-4,15-16H2,1-2H3,(H2,27,28,29). The quantitative estimate of drug-likeness (QED) is 0.394. The molecular formula is C25H25N5O6. The Morgan fingerprint density at radius 1 is 0.889 bits per heavy atom. The zero-order valence-corrected chi connectivity index (χ0v) is 19.8. The molecule has 0 fully saturated rings. The van der Waals surface area contributed by atoms with E-state index < -0.39 is 11.9 Å². The number of carbonyl (C=O) groups excluding carboxylic acids is 2. The van der Waals surface area contributed by atoms with Crippen molar-refractivity contribution < 1.29 is 28.5 Å². The van der Waals surface area contributed by atoms with E-state index in [2.05, 4.69) is 16.0 Å². The van der Waals surface area contributed by atoms with E-state index in [0.29, 0.717) is 22.9 Å². The maximum atomic E-state index is 11.6. The Balaban J connectivity index is 1.90. The molecule has 186 valence electrons. The van der Waals surface area contributed by atoms with E-state index in [1.165, 1.54) is 6.20 Å². The van der Waals surface area contributed by atoms with Gasteiger partial charge in [-0.05, 0) is 62.4 Å². The summed E-state index contributed by atoms with van der Waals surface area (Å²) in [5, 5.41) is 9.65. The first kappa shape index (κ1) is 25.8. The lowest BCUT2D eigenvalue weighted by molar-refractivity contribution is -0.146. The maximum Gasteiger partial charge on any atom is 0.344 e. The van der Waals surface area contributed by atoms with Crippen LogP contribution >= 0.6 is 0 Å². The molecule has 0 aliphatic heterocycles. The summed E-state index contributed by atoms with van der Waals surface area (Å²) >= 11 is 0. The summed E-state index contributed by atoms with van der Waals surface area (Å²) in [5.74, 6) is 0.240. The monoisotopic (exact) mass is 491 g/mol. The Labute approximate surface area is 208 Å². The summed E-state index contributed by atoms with van der Waals surface area (Å²) in [7, 11) is 0. The molecule has 36 heavy (non-hydrogen) atoms. The highest BCUT2D eigenvalue weighted by molar-refractivity contribution is 5.78. The minimum absolute atomic E-state index is 0.00206. The Bertz CT molecular complexity index is 1160. The lowest BCUT2D eigenvalue weighted by Crippen LogP contribution is -2.16. The number of aromatic nitrogens is 2. The van der Waals surface area contributed by atoms with Gasteiger partial charge in [0.25, 0.3) is 0 Å². The first-order chi connectivity index (χ1) is 17.4. The van der Waals surface area contributed by atoms with Gasteiger partial charge in [-0.25, -0.2) is 14.6 Å². The Kier molecular flexibility index (Phi) is 9.00. The van der Waals surface area contributed by atoms with Crippen LogP contribution in [0.15, 0.2) is 54.7 Å². The van der Waals surface area contributed by atoms with E-state index in [-0.39, 0.29) is 43.8 Å². The maximum absolute atomic E-state index is 11.6. The van der Waals surface area contributed by atoms with Gasteiger partial charge in [0.15, 0.2) is 19.0 Å². The molecule has 11 nitrogen and oxygen atoms in total. The smallest absolute Gasteiger partial charge is 0.344 e. The number of nitrogen functional groups attached to an aromatic ring is 1. The summed E-state index contributed by atoms with van der Waals surface area (Å²) < 4.78 is 20.7. The molecule has 0 aliphatic carbocycles. The lowest BCUT2D eigenvalue weighted by atomic mass is 10.2. The van der Waals surface area contributed by atoms with Crippen LogP contribution in [-0.2, 0) is 19.1 Å². The molecule has 2 aromatic carbocycles. The van der Waals surface area contributed by atoms with E-state index in [4.69, 9.17) is 24.7 Å². The fourth-order valence-electron chi connectivity index (χ4n) is 3.10. The number of rotatable bonds is 11. The first-order valence-corrected chi connectivity index (χ1v) is 11.0. The third-order valence-corrected chi connectivity index (χ3v) is 4.63. The fraction of sp³-hybridized carbons (Fsp3) is 0.240.